The molecular weight excluding hydrogens is 172 g/mol. The first kappa shape index (κ1) is 4.98. The van der Waals surface area contributed by atoms with Gasteiger partial charge in [-0.15, -0.1) is 0 Å². The molecule has 4 heteroatoms. The molecule has 0 saturated heterocycles. The lowest BCUT2D eigenvalue weighted by Gasteiger charge is -2.19. The number of rotatable bonds is 4. The van der Waals surface area contributed by atoms with Gasteiger partial charge >= 0.3 is 11.9 Å². The number of esters is 2. The Kier molecular flexibility index (Phi) is 1.86. The zero-order valence-electron chi connectivity index (χ0n) is 13.5. The van der Waals surface area contributed by atoms with Gasteiger partial charge in [0.25, 0.3) is 0 Å². The molecule has 0 aliphatic rings. The van der Waals surface area contributed by atoms with Crippen LogP contribution in [0.15, 0.2) is 0 Å². The Morgan fingerprint density at radius 1 is 1.15 bits per heavy atom. The first-order valence-electron chi connectivity index (χ1n) is 6.81. The average Bonchev–Trinajstić information content (AvgIpc) is 2.13. The van der Waals surface area contributed by atoms with E-state index in [1.807, 2.05) is 0 Å². The number of carbonyl (C=O) groups excluding carboxylic acids is 2. The summed E-state index contributed by atoms with van der Waals surface area (Å²) in [5.74, 6) is -3.26. The molecule has 0 amide bonds. The van der Waals surface area contributed by atoms with Gasteiger partial charge in [0.1, 0.15) is 0 Å². The van der Waals surface area contributed by atoms with Crippen molar-refractivity contribution >= 4 is 11.9 Å². The van der Waals surface area contributed by atoms with E-state index >= 15 is 0 Å². The summed E-state index contributed by atoms with van der Waals surface area (Å²) in [6, 6.07) is 0. The van der Waals surface area contributed by atoms with E-state index in [-0.39, 0.29) is 13.2 Å². The van der Waals surface area contributed by atoms with E-state index in [9.17, 15) is 9.59 Å². The van der Waals surface area contributed by atoms with Gasteiger partial charge in [-0.1, -0.05) is 0 Å². The fourth-order valence-corrected chi connectivity index (χ4v) is 0.562. The highest BCUT2D eigenvalue weighted by Gasteiger charge is 2.38. The maximum Gasteiger partial charge on any atom is 0.322 e. The minimum Gasteiger partial charge on any atom is -0.465 e. The summed E-state index contributed by atoms with van der Waals surface area (Å²) >= 11 is 0. The molecule has 0 aromatic heterocycles. The van der Waals surface area contributed by atoms with Crippen molar-refractivity contribution in [1.29, 1.82) is 0 Å². The summed E-state index contributed by atoms with van der Waals surface area (Å²) in [4.78, 5) is 23.7. The summed E-state index contributed by atoms with van der Waals surface area (Å²) in [7, 11) is 0. The Bertz CT molecular complexity index is 312. The summed E-state index contributed by atoms with van der Waals surface area (Å²) in [6.07, 6.45) is 0. The van der Waals surface area contributed by atoms with Gasteiger partial charge in [-0.25, -0.2) is 0 Å². The SMILES string of the molecule is [2H]C([2H])([2H])C(C(=O)OCC)(C(=O)OCC)C([2H])([2H])[2H]. The normalized spacial score (nSPS) is 19.5. The van der Waals surface area contributed by atoms with Crippen LogP contribution in [0.2, 0.25) is 0 Å². The van der Waals surface area contributed by atoms with Crippen LogP contribution in [-0.2, 0) is 19.1 Å². The first-order chi connectivity index (χ1) is 8.46. The molecule has 0 aromatic carbocycles. The highest BCUT2D eigenvalue weighted by molar-refractivity contribution is 5.99. The lowest BCUT2D eigenvalue weighted by molar-refractivity contribution is -0.169. The molecular formula is C9H16O4. The van der Waals surface area contributed by atoms with Gasteiger partial charge in [0.15, 0.2) is 5.41 Å². The highest BCUT2D eigenvalue weighted by atomic mass is 16.6. The molecule has 0 rings (SSSR count). The van der Waals surface area contributed by atoms with Gasteiger partial charge in [0, 0.05) is 8.22 Å². The summed E-state index contributed by atoms with van der Waals surface area (Å²) in [6.45, 7) is -4.62. The van der Waals surface area contributed by atoms with Gasteiger partial charge in [-0.3, -0.25) is 9.59 Å². The van der Waals surface area contributed by atoms with E-state index in [0.717, 1.165) is 0 Å². The highest BCUT2D eigenvalue weighted by Crippen LogP contribution is 2.19. The van der Waals surface area contributed by atoms with E-state index in [1.165, 1.54) is 13.8 Å². The number of hydrogen-bond donors (Lipinski definition) is 0. The van der Waals surface area contributed by atoms with Crippen LogP contribution >= 0.6 is 0 Å². The lowest BCUT2D eigenvalue weighted by Crippen LogP contribution is -2.36. The quantitative estimate of drug-likeness (QED) is 0.497. The van der Waals surface area contributed by atoms with E-state index in [4.69, 9.17) is 8.22 Å². The standard InChI is InChI=1S/C9H16O4/c1-5-12-7(10)9(3,4)8(11)13-6-2/h5-6H2,1-4H3/i3D3,4D3. The van der Waals surface area contributed by atoms with E-state index in [2.05, 4.69) is 9.47 Å². The van der Waals surface area contributed by atoms with Gasteiger partial charge in [-0.2, -0.15) is 0 Å². The Hall–Kier alpha value is -1.06. The second-order valence-electron chi connectivity index (χ2n) is 2.19. The molecule has 0 spiro atoms. The van der Waals surface area contributed by atoms with Crippen LogP contribution in [0.3, 0.4) is 0 Å². The van der Waals surface area contributed by atoms with Crippen LogP contribution in [-0.4, -0.2) is 25.2 Å². The molecule has 0 aliphatic heterocycles. The van der Waals surface area contributed by atoms with Crippen LogP contribution in [0.4, 0.5) is 0 Å². The predicted octanol–water partition coefficient (Wildman–Crippen LogP) is 1.14. The number of ether oxygens (including phenoxy) is 2. The maximum atomic E-state index is 11.8. The molecule has 0 radical (unpaired) electrons. The minimum atomic E-state index is -3.42. The Labute approximate surface area is 86.6 Å². The fraction of sp³-hybridized carbons (Fsp3) is 0.778. The molecule has 0 saturated carbocycles. The third kappa shape index (κ3) is 3.05. The van der Waals surface area contributed by atoms with Gasteiger partial charge in [0.05, 0.1) is 13.2 Å². The van der Waals surface area contributed by atoms with Crippen LogP contribution in [0, 0.1) is 5.41 Å². The van der Waals surface area contributed by atoms with Crippen molar-refractivity contribution in [1.82, 2.24) is 0 Å². The monoisotopic (exact) mass is 194 g/mol. The molecule has 0 N–H and O–H groups in total. The smallest absolute Gasteiger partial charge is 0.322 e. The third-order valence-corrected chi connectivity index (χ3v) is 1.16. The van der Waals surface area contributed by atoms with Crippen molar-refractivity contribution in [3.05, 3.63) is 0 Å². The van der Waals surface area contributed by atoms with E-state index in [0.29, 0.717) is 0 Å². The largest absolute Gasteiger partial charge is 0.465 e. The molecule has 0 heterocycles. The second kappa shape index (κ2) is 4.84. The summed E-state index contributed by atoms with van der Waals surface area (Å²) < 4.78 is 52.6. The topological polar surface area (TPSA) is 52.6 Å². The molecule has 76 valence electrons. The lowest BCUT2D eigenvalue weighted by atomic mass is 9.94. The van der Waals surface area contributed by atoms with Crippen molar-refractivity contribution in [2.24, 2.45) is 5.41 Å². The average molecular weight is 194 g/mol. The molecule has 0 aromatic rings. The molecule has 0 aliphatic carbocycles. The van der Waals surface area contributed by atoms with Crippen LogP contribution in [0.25, 0.3) is 0 Å². The predicted molar refractivity (Wildman–Crippen MR) is 47.0 cm³/mol. The third-order valence-electron chi connectivity index (χ3n) is 1.16. The van der Waals surface area contributed by atoms with Crippen molar-refractivity contribution in [3.63, 3.8) is 0 Å². The Morgan fingerprint density at radius 2 is 1.54 bits per heavy atom. The Balaban J connectivity index is 6.05. The Morgan fingerprint density at radius 3 is 1.77 bits per heavy atom. The maximum absolute atomic E-state index is 11.8. The summed E-state index contributed by atoms with van der Waals surface area (Å²) in [5, 5.41) is 0. The minimum absolute atomic E-state index is 0.258. The summed E-state index contributed by atoms with van der Waals surface area (Å²) in [5.41, 5.74) is -3.33. The first-order valence-corrected chi connectivity index (χ1v) is 3.81. The van der Waals surface area contributed by atoms with Gasteiger partial charge in [-0.05, 0) is 27.6 Å². The molecule has 13 heavy (non-hydrogen) atoms. The zero-order chi connectivity index (χ0) is 15.5. The number of hydrogen-bond acceptors (Lipinski definition) is 4. The number of carbonyl (C=O) groups is 2. The molecule has 0 bridgehead atoms. The fourth-order valence-electron chi connectivity index (χ4n) is 0.562. The van der Waals surface area contributed by atoms with Crippen LogP contribution < -0.4 is 0 Å². The zero-order valence-corrected chi connectivity index (χ0v) is 7.55. The molecule has 4 nitrogen and oxygen atoms in total. The molecule has 0 atom stereocenters. The van der Waals surface area contributed by atoms with Crippen molar-refractivity contribution in [3.8, 4) is 0 Å². The van der Waals surface area contributed by atoms with Gasteiger partial charge in [0.2, 0.25) is 0 Å². The van der Waals surface area contributed by atoms with E-state index in [1.54, 1.807) is 0 Å². The van der Waals surface area contributed by atoms with Crippen molar-refractivity contribution in [2.75, 3.05) is 13.2 Å². The molecule has 0 unspecified atom stereocenters. The van der Waals surface area contributed by atoms with Crippen molar-refractivity contribution in [2.45, 2.75) is 27.6 Å². The van der Waals surface area contributed by atoms with Crippen molar-refractivity contribution < 1.29 is 27.3 Å². The van der Waals surface area contributed by atoms with Crippen LogP contribution in [0.1, 0.15) is 35.8 Å². The van der Waals surface area contributed by atoms with Gasteiger partial charge < -0.3 is 9.47 Å². The van der Waals surface area contributed by atoms with E-state index < -0.39 is 31.1 Å². The van der Waals surface area contributed by atoms with Crippen LogP contribution in [0.5, 0.6) is 0 Å². The molecule has 0 fully saturated rings. The second-order valence-corrected chi connectivity index (χ2v) is 2.19.